The number of aromatic nitrogens is 1. The molecule has 0 fully saturated rings. The van der Waals surface area contributed by atoms with Gasteiger partial charge in [-0.25, -0.2) is 0 Å². The molecule has 2 rings (SSSR count). The van der Waals surface area contributed by atoms with Gasteiger partial charge in [0.25, 0.3) is 5.69 Å². The summed E-state index contributed by atoms with van der Waals surface area (Å²) in [5, 5.41) is 14.1. The number of nitro benzene ring substituents is 1. The highest BCUT2D eigenvalue weighted by molar-refractivity contribution is 5.74. The number of aldehydes is 1. The summed E-state index contributed by atoms with van der Waals surface area (Å²) in [6.45, 7) is 0. The SMILES string of the molecule is O=Cc1cc(-c2ccc([N+](=O)[O-])cc2)no1. The zero-order chi connectivity index (χ0) is 11.5. The molecule has 0 atom stereocenters. The maximum absolute atomic E-state index is 10.4. The Kier molecular flexibility index (Phi) is 2.47. The van der Waals surface area contributed by atoms with Crippen LogP contribution in [0.3, 0.4) is 0 Å². The van der Waals surface area contributed by atoms with Crippen molar-refractivity contribution < 1.29 is 14.2 Å². The van der Waals surface area contributed by atoms with E-state index in [1.165, 1.54) is 18.2 Å². The van der Waals surface area contributed by atoms with Crippen molar-refractivity contribution in [1.82, 2.24) is 5.16 Å². The Morgan fingerprint density at radius 3 is 2.50 bits per heavy atom. The summed E-state index contributed by atoms with van der Waals surface area (Å²) >= 11 is 0. The molecule has 1 heterocycles. The molecule has 6 heteroatoms. The molecule has 0 aliphatic carbocycles. The van der Waals surface area contributed by atoms with E-state index in [1.807, 2.05) is 0 Å². The van der Waals surface area contributed by atoms with E-state index < -0.39 is 4.92 Å². The van der Waals surface area contributed by atoms with Gasteiger partial charge in [-0.2, -0.15) is 0 Å². The smallest absolute Gasteiger partial charge is 0.269 e. The number of non-ortho nitro benzene ring substituents is 1. The molecule has 80 valence electrons. The first kappa shape index (κ1) is 10.0. The van der Waals surface area contributed by atoms with Crippen LogP contribution < -0.4 is 0 Å². The number of hydrogen-bond donors (Lipinski definition) is 0. The highest BCUT2D eigenvalue weighted by Crippen LogP contribution is 2.21. The Balaban J connectivity index is 2.34. The molecule has 0 amide bonds. The fourth-order valence-corrected chi connectivity index (χ4v) is 1.23. The minimum absolute atomic E-state index is 0.00264. The fraction of sp³-hybridized carbons (Fsp3) is 0. The van der Waals surface area contributed by atoms with Gasteiger partial charge in [0.1, 0.15) is 5.69 Å². The van der Waals surface area contributed by atoms with Gasteiger partial charge in [0, 0.05) is 23.8 Å². The van der Waals surface area contributed by atoms with E-state index >= 15 is 0 Å². The molecule has 0 aliphatic rings. The van der Waals surface area contributed by atoms with Gasteiger partial charge in [0.15, 0.2) is 12.0 Å². The van der Waals surface area contributed by atoms with Gasteiger partial charge in [-0.05, 0) is 12.1 Å². The zero-order valence-corrected chi connectivity index (χ0v) is 7.99. The number of benzene rings is 1. The number of carbonyl (C=O) groups is 1. The van der Waals surface area contributed by atoms with Crippen LogP contribution >= 0.6 is 0 Å². The van der Waals surface area contributed by atoms with E-state index in [1.54, 1.807) is 12.1 Å². The molecule has 1 aromatic heterocycles. The van der Waals surface area contributed by atoms with Crippen molar-refractivity contribution in [3.05, 3.63) is 46.2 Å². The number of nitro groups is 1. The molecular formula is C10H6N2O4. The van der Waals surface area contributed by atoms with Crippen LogP contribution in [0.15, 0.2) is 34.9 Å². The van der Waals surface area contributed by atoms with E-state index in [0.717, 1.165) is 0 Å². The second kappa shape index (κ2) is 3.93. The first-order chi connectivity index (χ1) is 7.70. The Bertz CT molecular complexity index is 530. The first-order valence-electron chi connectivity index (χ1n) is 4.37. The van der Waals surface area contributed by atoms with Gasteiger partial charge in [0.2, 0.25) is 0 Å². The van der Waals surface area contributed by atoms with Gasteiger partial charge in [-0.15, -0.1) is 0 Å². The third kappa shape index (κ3) is 1.81. The van der Waals surface area contributed by atoms with Crippen LogP contribution in [0.1, 0.15) is 10.6 Å². The monoisotopic (exact) mass is 218 g/mol. The second-order valence-corrected chi connectivity index (χ2v) is 3.04. The standard InChI is InChI=1S/C10H6N2O4/c13-6-9-5-10(11-16-9)7-1-3-8(4-2-7)12(14)15/h1-6H. The molecule has 0 saturated heterocycles. The van der Waals surface area contributed by atoms with E-state index in [-0.39, 0.29) is 11.4 Å². The van der Waals surface area contributed by atoms with Crippen molar-refractivity contribution in [2.45, 2.75) is 0 Å². The molecule has 6 nitrogen and oxygen atoms in total. The summed E-state index contributed by atoms with van der Waals surface area (Å²) in [6, 6.07) is 7.29. The minimum atomic E-state index is -0.483. The summed E-state index contributed by atoms with van der Waals surface area (Å²) in [6.07, 6.45) is 0.544. The molecule has 0 bridgehead atoms. The van der Waals surface area contributed by atoms with Gasteiger partial charge >= 0.3 is 0 Å². The minimum Gasteiger partial charge on any atom is -0.353 e. The molecule has 0 aliphatic heterocycles. The van der Waals surface area contributed by atoms with Crippen LogP contribution in [0.4, 0.5) is 5.69 Å². The predicted octanol–water partition coefficient (Wildman–Crippen LogP) is 2.06. The van der Waals surface area contributed by atoms with Crippen molar-refractivity contribution in [3.8, 4) is 11.3 Å². The molecular weight excluding hydrogens is 212 g/mol. The van der Waals surface area contributed by atoms with Crippen LogP contribution in [0.2, 0.25) is 0 Å². The van der Waals surface area contributed by atoms with Gasteiger partial charge in [0.05, 0.1) is 4.92 Å². The number of rotatable bonds is 3. The average Bonchev–Trinajstić information content (AvgIpc) is 2.77. The van der Waals surface area contributed by atoms with Crippen molar-refractivity contribution in [2.75, 3.05) is 0 Å². The molecule has 0 spiro atoms. The quantitative estimate of drug-likeness (QED) is 0.447. The molecule has 16 heavy (non-hydrogen) atoms. The van der Waals surface area contributed by atoms with E-state index in [0.29, 0.717) is 17.5 Å². The van der Waals surface area contributed by atoms with E-state index in [2.05, 4.69) is 5.16 Å². The lowest BCUT2D eigenvalue weighted by atomic mass is 10.1. The van der Waals surface area contributed by atoms with Crippen LogP contribution in [0.5, 0.6) is 0 Å². The lowest BCUT2D eigenvalue weighted by Crippen LogP contribution is -1.87. The van der Waals surface area contributed by atoms with E-state index in [4.69, 9.17) is 4.52 Å². The van der Waals surface area contributed by atoms with E-state index in [9.17, 15) is 14.9 Å². The first-order valence-corrected chi connectivity index (χ1v) is 4.37. The Morgan fingerprint density at radius 1 is 1.31 bits per heavy atom. The summed E-state index contributed by atoms with van der Waals surface area (Å²) < 4.78 is 4.69. The topological polar surface area (TPSA) is 86.2 Å². The van der Waals surface area contributed by atoms with Gasteiger partial charge < -0.3 is 4.52 Å². The summed E-state index contributed by atoms with van der Waals surface area (Å²) in [5.74, 6) is 0.119. The molecule has 0 saturated carbocycles. The largest absolute Gasteiger partial charge is 0.353 e. The van der Waals surface area contributed by atoms with Crippen molar-refractivity contribution in [3.63, 3.8) is 0 Å². The van der Waals surface area contributed by atoms with Crippen molar-refractivity contribution >= 4 is 12.0 Å². The van der Waals surface area contributed by atoms with Crippen LogP contribution in [-0.4, -0.2) is 16.4 Å². The number of hydrogen-bond acceptors (Lipinski definition) is 5. The lowest BCUT2D eigenvalue weighted by Gasteiger charge is -1.94. The molecule has 0 unspecified atom stereocenters. The highest BCUT2D eigenvalue weighted by Gasteiger charge is 2.08. The summed E-state index contributed by atoms with van der Waals surface area (Å²) in [4.78, 5) is 20.3. The average molecular weight is 218 g/mol. The number of nitrogens with zero attached hydrogens (tertiary/aromatic N) is 2. The lowest BCUT2D eigenvalue weighted by molar-refractivity contribution is -0.384. The fourth-order valence-electron chi connectivity index (χ4n) is 1.23. The van der Waals surface area contributed by atoms with Gasteiger partial charge in [-0.1, -0.05) is 5.16 Å². The molecule has 1 aromatic carbocycles. The maximum Gasteiger partial charge on any atom is 0.269 e. The Labute approximate surface area is 89.6 Å². The maximum atomic E-state index is 10.4. The van der Waals surface area contributed by atoms with Gasteiger partial charge in [-0.3, -0.25) is 14.9 Å². The molecule has 0 radical (unpaired) electrons. The normalized spacial score (nSPS) is 10.0. The predicted molar refractivity (Wildman–Crippen MR) is 54.0 cm³/mol. The molecule has 2 aromatic rings. The zero-order valence-electron chi connectivity index (χ0n) is 7.99. The Morgan fingerprint density at radius 2 is 2.00 bits per heavy atom. The summed E-state index contributed by atoms with van der Waals surface area (Å²) in [7, 11) is 0. The van der Waals surface area contributed by atoms with Crippen LogP contribution in [-0.2, 0) is 0 Å². The molecule has 0 N–H and O–H groups in total. The van der Waals surface area contributed by atoms with Crippen LogP contribution in [0.25, 0.3) is 11.3 Å². The van der Waals surface area contributed by atoms with Crippen molar-refractivity contribution in [1.29, 1.82) is 0 Å². The number of carbonyl (C=O) groups excluding carboxylic acids is 1. The summed E-state index contributed by atoms with van der Waals surface area (Å²) in [5.41, 5.74) is 1.13. The third-order valence-electron chi connectivity index (χ3n) is 2.02. The van der Waals surface area contributed by atoms with Crippen molar-refractivity contribution in [2.24, 2.45) is 0 Å². The van der Waals surface area contributed by atoms with Crippen LogP contribution in [0, 0.1) is 10.1 Å². The Hall–Kier alpha value is -2.50. The second-order valence-electron chi connectivity index (χ2n) is 3.04. The highest BCUT2D eigenvalue weighted by atomic mass is 16.6. The third-order valence-corrected chi connectivity index (χ3v) is 2.02.